The summed E-state index contributed by atoms with van der Waals surface area (Å²) in [6, 6.07) is 8.27. The molecule has 0 amide bonds. The second kappa shape index (κ2) is 9.01. The molecule has 2 aromatic carbocycles. The van der Waals surface area contributed by atoms with Crippen LogP contribution in [0, 0.1) is 0 Å². The molecule has 0 aromatic heterocycles. The van der Waals surface area contributed by atoms with Gasteiger partial charge in [0.2, 0.25) is 18.3 Å². The molecule has 0 N–H and O–H groups in total. The first-order valence-electron chi connectivity index (χ1n) is 8.63. The zero-order valence-corrected chi connectivity index (χ0v) is 16.2. The van der Waals surface area contributed by atoms with Crippen molar-refractivity contribution in [2.75, 3.05) is 34.7 Å². The van der Waals surface area contributed by atoms with Gasteiger partial charge in [0.05, 0.1) is 21.3 Å². The molecule has 3 rings (SSSR count). The molecule has 0 bridgehead atoms. The van der Waals surface area contributed by atoms with Gasteiger partial charge < -0.3 is 28.4 Å². The van der Waals surface area contributed by atoms with Crippen LogP contribution >= 0.6 is 0 Å². The lowest BCUT2D eigenvalue weighted by Crippen LogP contribution is -2.13. The number of carbonyl (C=O) groups excluding carboxylic acids is 2. The third-order valence-corrected chi connectivity index (χ3v) is 4.14. The summed E-state index contributed by atoms with van der Waals surface area (Å²) in [5.74, 6) is 1.25. The maximum Gasteiger partial charge on any atom is 0.331 e. The molecule has 0 saturated heterocycles. The quantitative estimate of drug-likeness (QED) is 0.380. The third-order valence-electron chi connectivity index (χ3n) is 4.14. The number of hydrogen-bond donors (Lipinski definition) is 0. The van der Waals surface area contributed by atoms with E-state index in [1.165, 1.54) is 39.5 Å². The van der Waals surface area contributed by atoms with E-state index in [0.29, 0.717) is 28.7 Å². The second-order valence-electron chi connectivity index (χ2n) is 5.89. The number of ketones is 1. The van der Waals surface area contributed by atoms with E-state index in [1.807, 2.05) is 0 Å². The van der Waals surface area contributed by atoms with Crippen LogP contribution in [0.5, 0.6) is 28.7 Å². The predicted octanol–water partition coefficient (Wildman–Crippen LogP) is 2.88. The normalized spacial score (nSPS) is 12.0. The Labute approximate surface area is 167 Å². The fourth-order valence-corrected chi connectivity index (χ4v) is 2.69. The first-order valence-corrected chi connectivity index (χ1v) is 8.63. The SMILES string of the molecule is COc1cc(C(=O)COC(=O)/C=C/c2ccc3c(c2)OCO3)cc(OC)c1OC. The number of hydrogen-bond acceptors (Lipinski definition) is 8. The molecule has 1 heterocycles. The van der Waals surface area contributed by atoms with E-state index in [-0.39, 0.29) is 12.4 Å². The smallest absolute Gasteiger partial charge is 0.331 e. The molecular weight excluding hydrogens is 380 g/mol. The number of rotatable bonds is 8. The molecule has 0 atom stereocenters. The van der Waals surface area contributed by atoms with E-state index in [9.17, 15) is 9.59 Å². The standard InChI is InChI=1S/C21H20O8/c1-24-18-9-14(10-19(25-2)21(18)26-3)15(22)11-27-20(23)7-5-13-4-6-16-17(8-13)29-12-28-16/h4-10H,11-12H2,1-3H3/b7-5+. The molecule has 8 heteroatoms. The Balaban J connectivity index is 1.62. The summed E-state index contributed by atoms with van der Waals surface area (Å²) in [5.41, 5.74) is 1.01. The van der Waals surface area contributed by atoms with Crippen molar-refractivity contribution in [3.8, 4) is 28.7 Å². The maximum absolute atomic E-state index is 12.4. The van der Waals surface area contributed by atoms with Crippen molar-refractivity contribution in [2.24, 2.45) is 0 Å². The van der Waals surface area contributed by atoms with Gasteiger partial charge in [-0.2, -0.15) is 0 Å². The molecular formula is C21H20O8. The highest BCUT2D eigenvalue weighted by atomic mass is 16.7. The van der Waals surface area contributed by atoms with Crippen LogP contribution in [0.1, 0.15) is 15.9 Å². The first-order chi connectivity index (χ1) is 14.0. The van der Waals surface area contributed by atoms with Crippen molar-refractivity contribution in [3.05, 3.63) is 47.5 Å². The molecule has 152 valence electrons. The van der Waals surface area contributed by atoms with Gasteiger partial charge in [-0.05, 0) is 35.9 Å². The lowest BCUT2D eigenvalue weighted by molar-refractivity contribution is -0.136. The van der Waals surface area contributed by atoms with Crippen LogP contribution in [0.2, 0.25) is 0 Å². The summed E-state index contributed by atoms with van der Waals surface area (Å²) in [7, 11) is 4.37. The topological polar surface area (TPSA) is 89.5 Å². The van der Waals surface area contributed by atoms with E-state index in [0.717, 1.165) is 5.56 Å². The predicted molar refractivity (Wildman–Crippen MR) is 103 cm³/mol. The number of ether oxygens (including phenoxy) is 6. The lowest BCUT2D eigenvalue weighted by Gasteiger charge is -2.13. The van der Waals surface area contributed by atoms with Gasteiger partial charge in [-0.3, -0.25) is 4.79 Å². The molecule has 0 unspecified atom stereocenters. The van der Waals surface area contributed by atoms with E-state index < -0.39 is 18.4 Å². The average molecular weight is 400 g/mol. The van der Waals surface area contributed by atoms with Crippen LogP contribution in [0.15, 0.2) is 36.4 Å². The Hall–Kier alpha value is -3.68. The minimum Gasteiger partial charge on any atom is -0.493 e. The molecule has 8 nitrogen and oxygen atoms in total. The van der Waals surface area contributed by atoms with Gasteiger partial charge in [0.25, 0.3) is 0 Å². The van der Waals surface area contributed by atoms with E-state index >= 15 is 0 Å². The summed E-state index contributed by atoms with van der Waals surface area (Å²) in [6.45, 7) is -0.253. The van der Waals surface area contributed by atoms with Crippen molar-refractivity contribution in [1.82, 2.24) is 0 Å². The molecule has 0 radical (unpaired) electrons. The van der Waals surface area contributed by atoms with E-state index in [2.05, 4.69) is 0 Å². The Morgan fingerprint density at radius 3 is 2.31 bits per heavy atom. The summed E-state index contributed by atoms with van der Waals surface area (Å²) >= 11 is 0. The van der Waals surface area contributed by atoms with Gasteiger partial charge in [0.1, 0.15) is 0 Å². The van der Waals surface area contributed by atoms with Crippen LogP contribution < -0.4 is 23.7 Å². The molecule has 0 fully saturated rings. The molecule has 2 aromatic rings. The average Bonchev–Trinajstić information content (AvgIpc) is 3.22. The number of fused-ring (bicyclic) bond motifs is 1. The second-order valence-corrected chi connectivity index (χ2v) is 5.89. The Bertz CT molecular complexity index is 923. The molecule has 1 aliphatic heterocycles. The van der Waals surface area contributed by atoms with Crippen molar-refractivity contribution < 1.29 is 38.0 Å². The molecule has 0 spiro atoms. The van der Waals surface area contributed by atoms with Crippen LogP contribution in [0.4, 0.5) is 0 Å². The molecule has 29 heavy (non-hydrogen) atoms. The van der Waals surface area contributed by atoms with Crippen LogP contribution in [-0.4, -0.2) is 46.5 Å². The van der Waals surface area contributed by atoms with Crippen molar-refractivity contribution >= 4 is 17.8 Å². The lowest BCUT2D eigenvalue weighted by atomic mass is 10.1. The Morgan fingerprint density at radius 1 is 0.966 bits per heavy atom. The summed E-state index contributed by atoms with van der Waals surface area (Å²) in [5, 5.41) is 0. The zero-order valence-electron chi connectivity index (χ0n) is 16.2. The summed E-state index contributed by atoms with van der Waals surface area (Å²) in [4.78, 5) is 24.3. The van der Waals surface area contributed by atoms with Crippen LogP contribution in [-0.2, 0) is 9.53 Å². The van der Waals surface area contributed by atoms with Gasteiger partial charge in [-0.1, -0.05) is 6.07 Å². The molecule has 1 aliphatic rings. The minimum absolute atomic E-state index is 0.174. The van der Waals surface area contributed by atoms with Gasteiger partial charge in [0.15, 0.2) is 29.6 Å². The highest BCUT2D eigenvalue weighted by Crippen LogP contribution is 2.38. The van der Waals surface area contributed by atoms with E-state index in [1.54, 1.807) is 24.3 Å². The van der Waals surface area contributed by atoms with E-state index in [4.69, 9.17) is 28.4 Å². The summed E-state index contributed by atoms with van der Waals surface area (Å²) < 4.78 is 31.2. The monoisotopic (exact) mass is 400 g/mol. The van der Waals surface area contributed by atoms with Crippen LogP contribution in [0.25, 0.3) is 6.08 Å². The van der Waals surface area contributed by atoms with Crippen molar-refractivity contribution in [1.29, 1.82) is 0 Å². The number of carbonyl (C=O) groups is 2. The van der Waals surface area contributed by atoms with Gasteiger partial charge in [-0.15, -0.1) is 0 Å². The van der Waals surface area contributed by atoms with Crippen molar-refractivity contribution in [3.63, 3.8) is 0 Å². The van der Waals surface area contributed by atoms with Gasteiger partial charge in [-0.25, -0.2) is 4.79 Å². The Morgan fingerprint density at radius 2 is 1.66 bits per heavy atom. The number of Topliss-reactive ketones (excluding diaryl/α,β-unsaturated/α-hetero) is 1. The largest absolute Gasteiger partial charge is 0.493 e. The van der Waals surface area contributed by atoms with Gasteiger partial charge >= 0.3 is 5.97 Å². The minimum atomic E-state index is -0.650. The Kier molecular flexibility index (Phi) is 6.23. The van der Waals surface area contributed by atoms with Gasteiger partial charge in [0, 0.05) is 11.6 Å². The summed E-state index contributed by atoms with van der Waals surface area (Å²) in [6.07, 6.45) is 2.80. The zero-order chi connectivity index (χ0) is 20.8. The highest BCUT2D eigenvalue weighted by Gasteiger charge is 2.18. The molecule has 0 aliphatic carbocycles. The third kappa shape index (κ3) is 4.60. The fourth-order valence-electron chi connectivity index (χ4n) is 2.69. The highest BCUT2D eigenvalue weighted by molar-refractivity contribution is 6.00. The van der Waals surface area contributed by atoms with Crippen LogP contribution in [0.3, 0.4) is 0 Å². The number of esters is 1. The maximum atomic E-state index is 12.4. The number of benzene rings is 2. The fraction of sp³-hybridized carbons (Fsp3) is 0.238. The number of methoxy groups -OCH3 is 3. The molecule has 0 saturated carbocycles. The van der Waals surface area contributed by atoms with Crippen molar-refractivity contribution in [2.45, 2.75) is 0 Å². The first kappa shape index (κ1) is 20.1.